The van der Waals surface area contributed by atoms with Crippen LogP contribution in [0.5, 0.6) is 0 Å². The van der Waals surface area contributed by atoms with Crippen molar-refractivity contribution in [2.24, 2.45) is 14.1 Å². The van der Waals surface area contributed by atoms with Crippen molar-refractivity contribution in [3.8, 4) is 28.5 Å². The molecule has 0 spiro atoms. The Kier molecular flexibility index (Phi) is 4.16. The molecule has 0 aliphatic rings. The lowest BCUT2D eigenvalue weighted by Crippen LogP contribution is -2.00. The largest absolute Gasteiger partial charge is 0.382 e. The van der Waals surface area contributed by atoms with Gasteiger partial charge in [0.05, 0.1) is 34.7 Å². The monoisotopic (exact) mass is 447 g/mol. The van der Waals surface area contributed by atoms with Gasteiger partial charge in [-0.05, 0) is 23.1 Å². The molecule has 0 atom stereocenters. The highest BCUT2D eigenvalue weighted by atomic mass is 19.1. The predicted octanol–water partition coefficient (Wildman–Crippen LogP) is 4.94. The highest BCUT2D eigenvalue weighted by Gasteiger charge is 2.23. The van der Waals surface area contributed by atoms with Crippen molar-refractivity contribution in [1.82, 2.24) is 24.5 Å². The van der Waals surface area contributed by atoms with Gasteiger partial charge in [0.1, 0.15) is 23.2 Å². The molecule has 6 aromatic rings. The van der Waals surface area contributed by atoms with Crippen LogP contribution in [0.2, 0.25) is 0 Å². The molecule has 3 heterocycles. The molecule has 3 aromatic carbocycles. The number of fused-ring (bicyclic) bond motifs is 4. The number of benzene rings is 3. The van der Waals surface area contributed by atoms with E-state index >= 15 is 4.39 Å². The standard InChI is InChI=1S/C26H18FN7/c1-33-24(23-18(11-28)16-6-4-3-5-14(16)9-21(23)27)19(12-30-33)15-7-8-17-20-13-31-34(2)25(20)26(29)32-22(17)10-15/h3-10,12-13H,1-2H3,(H2,29,32). The summed E-state index contributed by atoms with van der Waals surface area (Å²) in [5, 5.41) is 21.9. The van der Waals surface area contributed by atoms with Gasteiger partial charge in [0, 0.05) is 35.8 Å². The first-order chi connectivity index (χ1) is 16.5. The quantitative estimate of drug-likeness (QED) is 0.406. The number of aromatic nitrogens is 5. The van der Waals surface area contributed by atoms with E-state index in [1.807, 2.05) is 43.4 Å². The minimum atomic E-state index is -0.472. The van der Waals surface area contributed by atoms with Crippen LogP contribution >= 0.6 is 0 Å². The summed E-state index contributed by atoms with van der Waals surface area (Å²) in [5.41, 5.74) is 10.2. The number of rotatable bonds is 2. The lowest BCUT2D eigenvalue weighted by molar-refractivity contribution is 0.629. The third-order valence-electron chi connectivity index (χ3n) is 6.31. The molecule has 0 aliphatic heterocycles. The van der Waals surface area contributed by atoms with Crippen LogP contribution < -0.4 is 5.73 Å². The van der Waals surface area contributed by atoms with Crippen LogP contribution in [0.25, 0.3) is 55.0 Å². The van der Waals surface area contributed by atoms with Crippen LogP contribution in [0.3, 0.4) is 0 Å². The van der Waals surface area contributed by atoms with Gasteiger partial charge in [-0.1, -0.05) is 36.4 Å². The summed E-state index contributed by atoms with van der Waals surface area (Å²) in [6.07, 6.45) is 3.45. The Labute approximate surface area is 193 Å². The molecular weight excluding hydrogens is 429 g/mol. The van der Waals surface area contributed by atoms with Gasteiger partial charge in [-0.25, -0.2) is 9.37 Å². The Morgan fingerprint density at radius 3 is 2.56 bits per heavy atom. The number of aryl methyl sites for hydroxylation is 2. The first kappa shape index (κ1) is 19.9. The minimum Gasteiger partial charge on any atom is -0.382 e. The minimum absolute atomic E-state index is 0.228. The molecule has 34 heavy (non-hydrogen) atoms. The number of halogens is 1. The third kappa shape index (κ3) is 2.70. The molecule has 164 valence electrons. The fraction of sp³-hybridized carbons (Fsp3) is 0.0769. The van der Waals surface area contributed by atoms with Crippen molar-refractivity contribution in [3.63, 3.8) is 0 Å². The molecule has 0 aliphatic carbocycles. The maximum Gasteiger partial charge on any atom is 0.150 e. The van der Waals surface area contributed by atoms with Crippen molar-refractivity contribution < 1.29 is 4.39 Å². The number of hydrogen-bond donors (Lipinski definition) is 1. The second kappa shape index (κ2) is 7.12. The lowest BCUT2D eigenvalue weighted by atomic mass is 9.93. The topological polar surface area (TPSA) is 98.3 Å². The highest BCUT2D eigenvalue weighted by molar-refractivity contribution is 6.09. The Morgan fingerprint density at radius 1 is 0.941 bits per heavy atom. The van der Waals surface area contributed by atoms with E-state index in [-0.39, 0.29) is 11.1 Å². The molecule has 8 heteroatoms. The maximum absolute atomic E-state index is 15.5. The lowest BCUT2D eigenvalue weighted by Gasteiger charge is -2.13. The second-order valence-corrected chi connectivity index (χ2v) is 8.23. The van der Waals surface area contributed by atoms with Crippen molar-refractivity contribution in [2.45, 2.75) is 0 Å². The zero-order valence-corrected chi connectivity index (χ0v) is 18.4. The van der Waals surface area contributed by atoms with Crippen molar-refractivity contribution in [2.75, 3.05) is 5.73 Å². The van der Waals surface area contributed by atoms with E-state index in [1.54, 1.807) is 34.9 Å². The number of hydrogen-bond acceptors (Lipinski definition) is 5. The second-order valence-electron chi connectivity index (χ2n) is 8.23. The Hall–Kier alpha value is -4.77. The summed E-state index contributed by atoms with van der Waals surface area (Å²) in [7, 11) is 3.57. The van der Waals surface area contributed by atoms with E-state index in [4.69, 9.17) is 5.73 Å². The molecule has 2 N–H and O–H groups in total. The van der Waals surface area contributed by atoms with Gasteiger partial charge in [-0.15, -0.1) is 0 Å². The molecule has 0 saturated carbocycles. The summed E-state index contributed by atoms with van der Waals surface area (Å²) in [5.74, 6) is -0.0845. The molecular formula is C26H18FN7. The van der Waals surface area contributed by atoms with E-state index in [0.29, 0.717) is 33.4 Å². The van der Waals surface area contributed by atoms with Crippen LogP contribution in [-0.4, -0.2) is 24.5 Å². The van der Waals surface area contributed by atoms with Gasteiger partial charge in [0.15, 0.2) is 0 Å². The Bertz CT molecular complexity index is 1820. The van der Waals surface area contributed by atoms with Gasteiger partial charge < -0.3 is 5.73 Å². The highest BCUT2D eigenvalue weighted by Crippen LogP contribution is 2.39. The zero-order valence-electron chi connectivity index (χ0n) is 18.4. The van der Waals surface area contributed by atoms with Gasteiger partial charge in [-0.2, -0.15) is 15.5 Å². The van der Waals surface area contributed by atoms with Crippen molar-refractivity contribution in [1.29, 1.82) is 5.26 Å². The smallest absolute Gasteiger partial charge is 0.150 e. The Balaban J connectivity index is 1.62. The predicted molar refractivity (Wildman–Crippen MR) is 130 cm³/mol. The van der Waals surface area contributed by atoms with E-state index in [1.165, 1.54) is 6.07 Å². The summed E-state index contributed by atoms with van der Waals surface area (Å²) >= 11 is 0. The summed E-state index contributed by atoms with van der Waals surface area (Å²) in [4.78, 5) is 4.59. The summed E-state index contributed by atoms with van der Waals surface area (Å²) < 4.78 is 18.8. The molecule has 0 bridgehead atoms. The van der Waals surface area contributed by atoms with Gasteiger partial charge >= 0.3 is 0 Å². The molecule has 0 radical (unpaired) electrons. The first-order valence-electron chi connectivity index (χ1n) is 10.6. The van der Waals surface area contributed by atoms with Crippen LogP contribution in [0.15, 0.2) is 60.9 Å². The number of nitrogen functional groups attached to an aromatic ring is 1. The van der Waals surface area contributed by atoms with Gasteiger partial charge in [0.25, 0.3) is 0 Å². The third-order valence-corrected chi connectivity index (χ3v) is 6.31. The van der Waals surface area contributed by atoms with Gasteiger partial charge in [0.2, 0.25) is 0 Å². The Morgan fingerprint density at radius 2 is 1.74 bits per heavy atom. The van der Waals surface area contributed by atoms with E-state index in [2.05, 4.69) is 21.3 Å². The maximum atomic E-state index is 15.5. The number of anilines is 1. The average Bonchev–Trinajstić information content (AvgIpc) is 3.41. The number of nitrogens with zero attached hydrogens (tertiary/aromatic N) is 6. The number of nitrogens with two attached hydrogens (primary N) is 1. The van der Waals surface area contributed by atoms with Crippen molar-refractivity contribution >= 4 is 38.4 Å². The van der Waals surface area contributed by atoms with Crippen LogP contribution in [0, 0.1) is 17.1 Å². The molecule has 0 unspecified atom stereocenters. The van der Waals surface area contributed by atoms with Crippen LogP contribution in [0.4, 0.5) is 10.2 Å². The summed E-state index contributed by atoms with van der Waals surface area (Å²) in [6.45, 7) is 0. The SMILES string of the molecule is Cn1ncc(-c2ccc3c(c2)nc(N)c2c3cnn2C)c1-c1c(F)cc2ccccc2c1C#N. The van der Waals surface area contributed by atoms with E-state index in [0.717, 1.165) is 21.9 Å². The van der Waals surface area contributed by atoms with E-state index in [9.17, 15) is 5.26 Å². The molecule has 0 amide bonds. The van der Waals surface area contributed by atoms with Crippen LogP contribution in [0.1, 0.15) is 5.56 Å². The molecule has 6 rings (SSSR count). The summed E-state index contributed by atoms with van der Waals surface area (Å²) in [6, 6.07) is 16.8. The number of pyridine rings is 1. The normalized spacial score (nSPS) is 11.5. The molecule has 3 aromatic heterocycles. The average molecular weight is 447 g/mol. The fourth-order valence-corrected chi connectivity index (χ4v) is 4.75. The van der Waals surface area contributed by atoms with E-state index < -0.39 is 5.82 Å². The molecule has 0 fully saturated rings. The molecule has 7 nitrogen and oxygen atoms in total. The van der Waals surface area contributed by atoms with Crippen LogP contribution in [-0.2, 0) is 14.1 Å². The molecule has 0 saturated heterocycles. The fourth-order valence-electron chi connectivity index (χ4n) is 4.75. The van der Waals surface area contributed by atoms with Gasteiger partial charge in [-0.3, -0.25) is 9.36 Å². The number of nitriles is 1. The van der Waals surface area contributed by atoms with Crippen molar-refractivity contribution in [3.05, 3.63) is 72.3 Å². The first-order valence-corrected chi connectivity index (χ1v) is 10.6. The zero-order chi connectivity index (χ0) is 23.6.